The molecule has 21 heavy (non-hydrogen) atoms. The number of ether oxygens (including phenoxy) is 1. The highest BCUT2D eigenvalue weighted by molar-refractivity contribution is 7.80. The molecule has 2 N–H and O–H groups in total. The summed E-state index contributed by atoms with van der Waals surface area (Å²) in [5.41, 5.74) is 6.29. The quantitative estimate of drug-likeness (QED) is 0.775. The van der Waals surface area contributed by atoms with Crippen LogP contribution in [0, 0.1) is 0 Å². The molecule has 0 aliphatic carbocycles. The molecule has 2 rings (SSSR count). The third kappa shape index (κ3) is 3.91. The number of amides is 2. The summed E-state index contributed by atoms with van der Waals surface area (Å²) < 4.78 is 5.58. The van der Waals surface area contributed by atoms with E-state index in [1.807, 2.05) is 0 Å². The Labute approximate surface area is 128 Å². The highest BCUT2D eigenvalue weighted by Gasteiger charge is 2.26. The second-order valence-electron chi connectivity index (χ2n) is 4.81. The topological polar surface area (TPSA) is 75.9 Å². The van der Waals surface area contributed by atoms with E-state index in [4.69, 9.17) is 22.7 Å². The Morgan fingerprint density at radius 2 is 2.10 bits per heavy atom. The molecule has 2 amide bonds. The van der Waals surface area contributed by atoms with Gasteiger partial charge in [0.05, 0.1) is 19.6 Å². The van der Waals surface area contributed by atoms with E-state index in [1.165, 1.54) is 9.80 Å². The van der Waals surface area contributed by atoms with Crippen LogP contribution in [0.2, 0.25) is 0 Å². The zero-order chi connectivity index (χ0) is 15.4. The van der Waals surface area contributed by atoms with Crippen LogP contribution in [0.1, 0.15) is 5.56 Å². The van der Waals surface area contributed by atoms with Crippen LogP contribution in [0.25, 0.3) is 0 Å². The van der Waals surface area contributed by atoms with Crippen molar-refractivity contribution in [2.75, 3.05) is 33.3 Å². The summed E-state index contributed by atoms with van der Waals surface area (Å²) in [4.78, 5) is 26.6. The number of carbonyl (C=O) groups excluding carboxylic acids is 2. The van der Waals surface area contributed by atoms with E-state index >= 15 is 0 Å². The summed E-state index contributed by atoms with van der Waals surface area (Å²) in [6, 6.07) is 7.14. The van der Waals surface area contributed by atoms with Crippen LogP contribution < -0.4 is 10.5 Å². The van der Waals surface area contributed by atoms with Gasteiger partial charge in [-0.2, -0.15) is 0 Å². The Balaban J connectivity index is 1.87. The average Bonchev–Trinajstić information content (AvgIpc) is 2.44. The number of benzene rings is 1. The first kappa shape index (κ1) is 15.2. The molecule has 0 unspecified atom stereocenters. The molecule has 1 heterocycles. The van der Waals surface area contributed by atoms with Crippen molar-refractivity contribution >= 4 is 29.0 Å². The van der Waals surface area contributed by atoms with Gasteiger partial charge in [0.2, 0.25) is 11.8 Å². The molecule has 1 aromatic rings. The van der Waals surface area contributed by atoms with Crippen molar-refractivity contribution in [3.8, 4) is 5.75 Å². The molecule has 0 spiro atoms. The first-order valence-corrected chi connectivity index (χ1v) is 6.92. The highest BCUT2D eigenvalue weighted by Crippen LogP contribution is 2.13. The fourth-order valence-corrected chi connectivity index (χ4v) is 2.11. The largest absolute Gasteiger partial charge is 0.492 e. The first-order chi connectivity index (χ1) is 9.97. The molecule has 0 saturated carbocycles. The lowest BCUT2D eigenvalue weighted by atomic mass is 10.2. The lowest BCUT2D eigenvalue weighted by molar-refractivity contribution is -0.149. The summed E-state index contributed by atoms with van der Waals surface area (Å²) >= 11 is 4.90. The van der Waals surface area contributed by atoms with Crippen LogP contribution in [0.5, 0.6) is 5.75 Å². The van der Waals surface area contributed by atoms with Gasteiger partial charge in [-0.1, -0.05) is 24.4 Å². The van der Waals surface area contributed by atoms with Gasteiger partial charge in [0.15, 0.2) is 0 Å². The minimum Gasteiger partial charge on any atom is -0.492 e. The first-order valence-electron chi connectivity index (χ1n) is 6.52. The minimum absolute atomic E-state index is 0.0647. The molecule has 1 aromatic carbocycles. The molecule has 0 bridgehead atoms. The van der Waals surface area contributed by atoms with E-state index in [0.29, 0.717) is 23.9 Å². The SMILES string of the molecule is CN1CC(=O)N(CCOc2cccc(C(N)=S)c2)CC1=O. The smallest absolute Gasteiger partial charge is 0.242 e. The van der Waals surface area contributed by atoms with Gasteiger partial charge in [-0.3, -0.25) is 9.59 Å². The van der Waals surface area contributed by atoms with Crippen LogP contribution in [0.15, 0.2) is 24.3 Å². The Morgan fingerprint density at radius 1 is 1.33 bits per heavy atom. The van der Waals surface area contributed by atoms with E-state index in [2.05, 4.69) is 0 Å². The van der Waals surface area contributed by atoms with Gasteiger partial charge < -0.3 is 20.3 Å². The summed E-state index contributed by atoms with van der Waals surface area (Å²) in [5.74, 6) is 0.496. The molecule has 7 heteroatoms. The van der Waals surface area contributed by atoms with Crippen LogP contribution in [0.4, 0.5) is 0 Å². The fraction of sp³-hybridized carbons (Fsp3) is 0.357. The monoisotopic (exact) mass is 307 g/mol. The molecule has 1 fully saturated rings. The molecule has 1 aliphatic heterocycles. The number of hydrogen-bond acceptors (Lipinski definition) is 4. The van der Waals surface area contributed by atoms with Crippen molar-refractivity contribution < 1.29 is 14.3 Å². The molecule has 0 atom stereocenters. The maximum absolute atomic E-state index is 11.8. The van der Waals surface area contributed by atoms with E-state index in [0.717, 1.165) is 5.56 Å². The van der Waals surface area contributed by atoms with Gasteiger partial charge in [0.1, 0.15) is 17.3 Å². The molecular formula is C14H17N3O3S. The van der Waals surface area contributed by atoms with Crippen molar-refractivity contribution in [2.45, 2.75) is 0 Å². The maximum Gasteiger partial charge on any atom is 0.242 e. The molecule has 1 saturated heterocycles. The van der Waals surface area contributed by atoms with E-state index in [9.17, 15) is 9.59 Å². The Kier molecular flexibility index (Phi) is 4.74. The lowest BCUT2D eigenvalue weighted by Gasteiger charge is -2.31. The van der Waals surface area contributed by atoms with Crippen LogP contribution in [0.3, 0.4) is 0 Å². The van der Waals surface area contributed by atoms with Crippen LogP contribution >= 0.6 is 12.2 Å². The van der Waals surface area contributed by atoms with E-state index < -0.39 is 0 Å². The van der Waals surface area contributed by atoms with Crippen molar-refractivity contribution in [1.82, 2.24) is 9.80 Å². The number of thiocarbonyl (C=S) groups is 1. The lowest BCUT2D eigenvalue weighted by Crippen LogP contribution is -2.53. The summed E-state index contributed by atoms with van der Waals surface area (Å²) in [6.45, 7) is 0.903. The second-order valence-corrected chi connectivity index (χ2v) is 5.25. The normalized spacial score (nSPS) is 15.3. The standard InChI is InChI=1S/C14H17N3O3S/c1-16-8-13(19)17(9-12(16)18)5-6-20-11-4-2-3-10(7-11)14(15)21/h2-4,7H,5-6,8-9H2,1H3,(H2,15,21). The zero-order valence-corrected chi connectivity index (χ0v) is 12.6. The number of likely N-dealkylation sites (N-methyl/N-ethyl adjacent to an activating group) is 1. The Morgan fingerprint density at radius 3 is 2.81 bits per heavy atom. The number of piperazine rings is 1. The molecule has 1 aliphatic rings. The zero-order valence-electron chi connectivity index (χ0n) is 11.7. The predicted octanol–water partition coefficient (Wildman–Crippen LogP) is 0.000200. The third-order valence-electron chi connectivity index (χ3n) is 3.23. The average molecular weight is 307 g/mol. The molecular weight excluding hydrogens is 290 g/mol. The van der Waals surface area contributed by atoms with Crippen LogP contribution in [-0.4, -0.2) is 59.9 Å². The number of carbonyl (C=O) groups is 2. The Bertz CT molecular complexity index is 576. The van der Waals surface area contributed by atoms with Gasteiger partial charge in [0.25, 0.3) is 0 Å². The van der Waals surface area contributed by atoms with E-state index in [1.54, 1.807) is 31.3 Å². The molecule has 0 aromatic heterocycles. The molecule has 112 valence electrons. The summed E-state index contributed by atoms with van der Waals surface area (Å²) in [5, 5.41) is 0. The van der Waals surface area contributed by atoms with E-state index in [-0.39, 0.29) is 24.9 Å². The molecule has 0 radical (unpaired) electrons. The van der Waals surface area contributed by atoms with Gasteiger partial charge in [-0.05, 0) is 12.1 Å². The van der Waals surface area contributed by atoms with Gasteiger partial charge in [0, 0.05) is 12.6 Å². The van der Waals surface area contributed by atoms with Crippen LogP contribution in [-0.2, 0) is 9.59 Å². The van der Waals surface area contributed by atoms with Gasteiger partial charge in [-0.15, -0.1) is 0 Å². The van der Waals surface area contributed by atoms with Crippen molar-refractivity contribution in [2.24, 2.45) is 5.73 Å². The third-order valence-corrected chi connectivity index (χ3v) is 3.46. The highest BCUT2D eigenvalue weighted by atomic mass is 32.1. The predicted molar refractivity (Wildman–Crippen MR) is 82.0 cm³/mol. The van der Waals surface area contributed by atoms with Crippen molar-refractivity contribution in [3.63, 3.8) is 0 Å². The fourth-order valence-electron chi connectivity index (χ4n) is 1.98. The number of nitrogens with two attached hydrogens (primary N) is 1. The van der Waals surface area contributed by atoms with Crippen molar-refractivity contribution in [3.05, 3.63) is 29.8 Å². The number of rotatable bonds is 5. The number of hydrogen-bond donors (Lipinski definition) is 1. The number of nitrogens with zero attached hydrogens (tertiary/aromatic N) is 2. The maximum atomic E-state index is 11.8. The second kappa shape index (κ2) is 6.53. The minimum atomic E-state index is -0.0717. The molecule has 6 nitrogen and oxygen atoms in total. The summed E-state index contributed by atoms with van der Waals surface area (Å²) in [7, 11) is 1.62. The van der Waals surface area contributed by atoms with Crippen molar-refractivity contribution in [1.29, 1.82) is 0 Å². The van der Waals surface area contributed by atoms with Gasteiger partial charge >= 0.3 is 0 Å². The van der Waals surface area contributed by atoms with Gasteiger partial charge in [-0.25, -0.2) is 0 Å². The summed E-state index contributed by atoms with van der Waals surface area (Å²) in [6.07, 6.45) is 0. The Hall–Kier alpha value is -2.15.